The van der Waals surface area contributed by atoms with Gasteiger partial charge in [0.25, 0.3) is 5.56 Å². The number of furan rings is 1. The van der Waals surface area contributed by atoms with E-state index in [2.05, 4.69) is 16.0 Å². The number of fused-ring (bicyclic) bond motifs is 2. The fourth-order valence-corrected chi connectivity index (χ4v) is 6.40. The van der Waals surface area contributed by atoms with Crippen molar-refractivity contribution in [1.82, 2.24) is 19.1 Å². The van der Waals surface area contributed by atoms with Crippen molar-refractivity contribution in [3.63, 3.8) is 0 Å². The molecule has 0 bridgehead atoms. The molecule has 0 saturated heterocycles. The monoisotopic (exact) mass is 585 g/mol. The van der Waals surface area contributed by atoms with Crippen LogP contribution in [0.3, 0.4) is 0 Å². The summed E-state index contributed by atoms with van der Waals surface area (Å²) in [7, 11) is 1.65. The molecule has 9 heteroatoms. The van der Waals surface area contributed by atoms with Crippen LogP contribution in [0.25, 0.3) is 11.0 Å². The Bertz CT molecular complexity index is 1720. The Morgan fingerprint density at radius 3 is 2.60 bits per heavy atom. The van der Waals surface area contributed by atoms with Gasteiger partial charge in [-0.25, -0.2) is 0 Å². The number of amides is 1. The number of hydrogen-bond donors (Lipinski definition) is 0. The first-order valence-corrected chi connectivity index (χ1v) is 15.1. The van der Waals surface area contributed by atoms with Gasteiger partial charge in [0.1, 0.15) is 17.0 Å². The zero-order valence-electron chi connectivity index (χ0n) is 26.4. The summed E-state index contributed by atoms with van der Waals surface area (Å²) in [6, 6.07) is 11.8. The van der Waals surface area contributed by atoms with Crippen LogP contribution < -0.4 is 15.1 Å². The Kier molecular flexibility index (Phi) is 8.35. The largest absolute Gasteiger partial charge is 0.627 e. The van der Waals surface area contributed by atoms with Gasteiger partial charge in [0.15, 0.2) is 5.69 Å². The van der Waals surface area contributed by atoms with Gasteiger partial charge < -0.3 is 23.7 Å². The number of nitrogens with zero attached hydrogens (tertiary/aromatic N) is 5. The lowest BCUT2D eigenvalue weighted by molar-refractivity contribution is -0.126. The third-order valence-corrected chi connectivity index (χ3v) is 8.62. The van der Waals surface area contributed by atoms with Crippen LogP contribution in [-0.2, 0) is 24.3 Å². The number of rotatable bonds is 9. The fraction of sp³-hybridized carbons (Fsp3) is 0.441. The van der Waals surface area contributed by atoms with Crippen molar-refractivity contribution in [3.05, 3.63) is 92.5 Å². The van der Waals surface area contributed by atoms with Gasteiger partial charge >= 0.3 is 0 Å². The van der Waals surface area contributed by atoms with Crippen LogP contribution in [0.1, 0.15) is 48.9 Å². The van der Waals surface area contributed by atoms with Gasteiger partial charge in [-0.15, -0.1) is 0 Å². The molecule has 1 amide bonds. The van der Waals surface area contributed by atoms with Gasteiger partial charge in [-0.1, -0.05) is 12.1 Å². The Morgan fingerprint density at radius 1 is 1.12 bits per heavy atom. The molecule has 0 radical (unpaired) electrons. The van der Waals surface area contributed by atoms with E-state index in [0.717, 1.165) is 34.7 Å². The molecule has 0 saturated carbocycles. The van der Waals surface area contributed by atoms with E-state index in [1.807, 2.05) is 78.1 Å². The number of anilines is 1. The maximum atomic E-state index is 13.9. The zero-order valence-corrected chi connectivity index (χ0v) is 26.4. The van der Waals surface area contributed by atoms with Gasteiger partial charge in [0, 0.05) is 62.4 Å². The Morgan fingerprint density at radius 2 is 1.88 bits per heavy atom. The quantitative estimate of drug-likeness (QED) is 0.191. The van der Waals surface area contributed by atoms with Crippen LogP contribution in [0, 0.1) is 31.4 Å². The number of pyridine rings is 2. The molecule has 0 aliphatic carbocycles. The second kappa shape index (κ2) is 11.7. The summed E-state index contributed by atoms with van der Waals surface area (Å²) in [5.41, 5.74) is 5.25. The van der Waals surface area contributed by atoms with Gasteiger partial charge in [-0.05, 0) is 77.3 Å². The van der Waals surface area contributed by atoms with Crippen molar-refractivity contribution in [2.75, 3.05) is 38.1 Å². The molecule has 0 spiro atoms. The minimum atomic E-state index is -0.765. The van der Waals surface area contributed by atoms with E-state index in [1.165, 1.54) is 0 Å². The molecule has 0 fully saturated rings. The summed E-state index contributed by atoms with van der Waals surface area (Å²) < 4.78 is 6.93. The number of benzene rings is 1. The fourth-order valence-electron chi connectivity index (χ4n) is 6.40. The highest BCUT2D eigenvalue weighted by atomic mass is 16.5. The third kappa shape index (κ3) is 6.16. The number of aromatic nitrogens is 2. The van der Waals surface area contributed by atoms with Gasteiger partial charge in [0.2, 0.25) is 5.91 Å². The highest BCUT2D eigenvalue weighted by Gasteiger charge is 2.43. The molecule has 43 heavy (non-hydrogen) atoms. The molecular weight excluding hydrogens is 542 g/mol. The van der Waals surface area contributed by atoms with Gasteiger partial charge in [-0.2, -0.15) is 0 Å². The van der Waals surface area contributed by atoms with E-state index in [4.69, 9.17) is 4.42 Å². The van der Waals surface area contributed by atoms with Crippen LogP contribution in [-0.4, -0.2) is 53.6 Å². The SMILES string of the molecule is CCN1C(=O)C(C)(C)C[N+](C)([O-])c2cc(CCN(CCn3cc(C)c4oc(C)cc4c3=O)Cc3cccnc3C)ccc21. The number of quaternary nitrogens is 1. The summed E-state index contributed by atoms with van der Waals surface area (Å²) in [6.45, 7) is 14.8. The average molecular weight is 586 g/mol. The Hall–Kier alpha value is -3.79. The highest BCUT2D eigenvalue weighted by molar-refractivity contribution is 6.01. The lowest BCUT2D eigenvalue weighted by Gasteiger charge is -2.41. The molecule has 228 valence electrons. The van der Waals surface area contributed by atoms with Gasteiger partial charge in [-0.3, -0.25) is 19.5 Å². The number of carbonyl (C=O) groups excluding carboxylic acids is 1. The lowest BCUT2D eigenvalue weighted by Crippen LogP contribution is -2.49. The first-order chi connectivity index (χ1) is 20.3. The molecular formula is C34H43N5O4. The van der Waals surface area contributed by atoms with E-state index in [1.54, 1.807) is 22.7 Å². The van der Waals surface area contributed by atoms with Crippen LogP contribution in [0.4, 0.5) is 11.4 Å². The summed E-state index contributed by atoms with van der Waals surface area (Å²) in [5, 5.41) is 14.5. The first kappa shape index (κ1) is 30.7. The third-order valence-electron chi connectivity index (χ3n) is 8.62. The predicted molar refractivity (Wildman–Crippen MR) is 172 cm³/mol. The van der Waals surface area contributed by atoms with Crippen molar-refractivity contribution < 1.29 is 9.21 Å². The average Bonchev–Trinajstić information content (AvgIpc) is 3.34. The predicted octanol–water partition coefficient (Wildman–Crippen LogP) is 5.49. The minimum Gasteiger partial charge on any atom is -0.627 e. The number of carbonyl (C=O) groups is 1. The summed E-state index contributed by atoms with van der Waals surface area (Å²) in [6.07, 6.45) is 4.39. The normalized spacial score (nSPS) is 18.3. The van der Waals surface area contributed by atoms with E-state index in [0.29, 0.717) is 54.9 Å². The summed E-state index contributed by atoms with van der Waals surface area (Å²) >= 11 is 0. The van der Waals surface area contributed by atoms with E-state index >= 15 is 0 Å². The van der Waals surface area contributed by atoms with Crippen molar-refractivity contribution in [2.45, 2.75) is 61.1 Å². The molecule has 1 atom stereocenters. The van der Waals surface area contributed by atoms with Crippen molar-refractivity contribution >= 4 is 28.3 Å². The minimum absolute atomic E-state index is 0.0195. The molecule has 5 rings (SSSR count). The molecule has 4 aromatic rings. The number of hydroxylamine groups is 2. The molecule has 9 nitrogen and oxygen atoms in total. The van der Waals surface area contributed by atoms with Crippen LogP contribution in [0.2, 0.25) is 0 Å². The summed E-state index contributed by atoms with van der Waals surface area (Å²) in [5.74, 6) is 0.708. The van der Waals surface area contributed by atoms with Crippen LogP contribution >= 0.6 is 0 Å². The topological polar surface area (TPSA) is 94.6 Å². The summed E-state index contributed by atoms with van der Waals surface area (Å²) in [4.78, 5) is 35.1. The Balaban J connectivity index is 1.41. The second-order valence-corrected chi connectivity index (χ2v) is 12.7. The molecule has 1 aromatic carbocycles. The maximum absolute atomic E-state index is 13.9. The van der Waals surface area contributed by atoms with Crippen molar-refractivity contribution in [1.29, 1.82) is 0 Å². The van der Waals surface area contributed by atoms with Crippen LogP contribution in [0.15, 0.2) is 58.0 Å². The molecule has 1 aliphatic heterocycles. The zero-order chi connectivity index (χ0) is 31.1. The molecule has 1 aliphatic rings. The number of aryl methyl sites for hydroxylation is 3. The standard InChI is InChI=1S/C34H43N5O4/c1-8-38-29-12-11-26(19-30(29)39(7,42)22-34(5,6)33(38)41)13-15-36(21-27-10-9-14-35-25(27)4)16-17-37-20-23(2)31-28(32(37)40)18-24(3)43-31/h9-12,14,18-20H,8,13,15-17,21-22H2,1-7H3. The molecule has 3 aromatic heterocycles. The smallest absolute Gasteiger partial charge is 0.261 e. The molecule has 4 heterocycles. The highest BCUT2D eigenvalue weighted by Crippen LogP contribution is 2.41. The Labute approximate surface area is 253 Å². The van der Waals surface area contributed by atoms with Crippen molar-refractivity contribution in [3.8, 4) is 0 Å². The molecule has 0 N–H and O–H groups in total. The first-order valence-electron chi connectivity index (χ1n) is 15.1. The van der Waals surface area contributed by atoms with E-state index in [9.17, 15) is 14.8 Å². The van der Waals surface area contributed by atoms with E-state index < -0.39 is 10.1 Å². The van der Waals surface area contributed by atoms with Crippen molar-refractivity contribution in [2.24, 2.45) is 5.41 Å². The van der Waals surface area contributed by atoms with E-state index in [-0.39, 0.29) is 18.0 Å². The molecule has 1 unspecified atom stereocenters. The number of hydrogen-bond acceptors (Lipinski definition) is 6. The van der Waals surface area contributed by atoms with Crippen LogP contribution in [0.5, 0.6) is 0 Å². The second-order valence-electron chi connectivity index (χ2n) is 12.7. The van der Waals surface area contributed by atoms with Gasteiger partial charge in [0.05, 0.1) is 24.4 Å². The lowest BCUT2D eigenvalue weighted by atomic mass is 9.91. The maximum Gasteiger partial charge on any atom is 0.261 e.